The Bertz CT molecular complexity index is 525. The molecule has 0 heterocycles. The molecule has 0 bridgehead atoms. The van der Waals surface area contributed by atoms with Crippen LogP contribution in [0.25, 0.3) is 0 Å². The molecule has 0 radical (unpaired) electrons. The summed E-state index contributed by atoms with van der Waals surface area (Å²) in [5, 5.41) is 12.2. The van der Waals surface area contributed by atoms with E-state index in [-0.39, 0.29) is 28.4 Å². The van der Waals surface area contributed by atoms with Crippen LogP contribution in [0.15, 0.2) is 16.6 Å². The van der Waals surface area contributed by atoms with Crippen molar-refractivity contribution in [3.05, 3.63) is 33.8 Å². The Morgan fingerprint density at radius 2 is 2.05 bits per heavy atom. The second-order valence-corrected chi connectivity index (χ2v) is 6.30. The van der Waals surface area contributed by atoms with Crippen molar-refractivity contribution in [2.75, 3.05) is 6.54 Å². The van der Waals surface area contributed by atoms with E-state index in [2.05, 4.69) is 21.2 Å². The first-order valence-corrected chi connectivity index (χ1v) is 7.86. The van der Waals surface area contributed by atoms with Crippen molar-refractivity contribution in [3.63, 3.8) is 0 Å². The number of hydrogen-bond acceptors (Lipinski definition) is 2. The van der Waals surface area contributed by atoms with Gasteiger partial charge in [-0.05, 0) is 53.4 Å². The summed E-state index contributed by atoms with van der Waals surface area (Å²) < 4.78 is 27.6. The van der Waals surface area contributed by atoms with Gasteiger partial charge < -0.3 is 10.4 Å². The number of benzene rings is 1. The Morgan fingerprint density at radius 3 is 2.76 bits per heavy atom. The Kier molecular flexibility index (Phi) is 5.70. The number of hydrogen-bond donors (Lipinski definition) is 2. The second-order valence-electron chi connectivity index (χ2n) is 5.44. The number of rotatable bonds is 5. The van der Waals surface area contributed by atoms with Crippen molar-refractivity contribution < 1.29 is 18.7 Å². The first-order chi connectivity index (χ1) is 10.0. The van der Waals surface area contributed by atoms with E-state index < -0.39 is 17.6 Å². The largest absolute Gasteiger partial charge is 0.481 e. The molecule has 1 aliphatic rings. The second kappa shape index (κ2) is 7.31. The molecule has 21 heavy (non-hydrogen) atoms. The topological polar surface area (TPSA) is 49.3 Å². The van der Waals surface area contributed by atoms with E-state index >= 15 is 0 Å². The summed E-state index contributed by atoms with van der Waals surface area (Å²) in [6, 6.07) is 2.54. The molecular formula is C15H18BrF2NO2. The quantitative estimate of drug-likeness (QED) is 0.786. The first-order valence-electron chi connectivity index (χ1n) is 7.06. The molecule has 1 saturated carbocycles. The van der Waals surface area contributed by atoms with Gasteiger partial charge in [0.15, 0.2) is 0 Å². The molecule has 6 heteroatoms. The molecular weight excluding hydrogens is 344 g/mol. The van der Waals surface area contributed by atoms with Gasteiger partial charge in [0.25, 0.3) is 0 Å². The van der Waals surface area contributed by atoms with E-state index in [1.54, 1.807) is 0 Å². The number of carbonyl (C=O) groups is 1. The molecule has 116 valence electrons. The van der Waals surface area contributed by atoms with Crippen molar-refractivity contribution in [1.82, 2.24) is 5.32 Å². The summed E-state index contributed by atoms with van der Waals surface area (Å²) in [6.07, 6.45) is 3.47. The third kappa shape index (κ3) is 4.01. The van der Waals surface area contributed by atoms with Crippen molar-refractivity contribution in [1.29, 1.82) is 0 Å². The predicted octanol–water partition coefficient (Wildman–Crippen LogP) is 3.71. The van der Waals surface area contributed by atoms with E-state index in [9.17, 15) is 18.7 Å². The molecule has 0 saturated heterocycles. The zero-order chi connectivity index (χ0) is 15.4. The van der Waals surface area contributed by atoms with Gasteiger partial charge in [-0.15, -0.1) is 0 Å². The minimum Gasteiger partial charge on any atom is -0.481 e. The van der Waals surface area contributed by atoms with E-state index in [1.165, 1.54) is 12.1 Å². The lowest BCUT2D eigenvalue weighted by Gasteiger charge is -2.28. The minimum absolute atomic E-state index is 0.0212. The monoisotopic (exact) mass is 361 g/mol. The fourth-order valence-electron chi connectivity index (χ4n) is 2.89. The first kappa shape index (κ1) is 16.4. The minimum atomic E-state index is -0.777. The fraction of sp³-hybridized carbons (Fsp3) is 0.533. The molecule has 0 aromatic heterocycles. The molecule has 2 rings (SSSR count). The van der Waals surface area contributed by atoms with Gasteiger partial charge >= 0.3 is 5.97 Å². The van der Waals surface area contributed by atoms with Gasteiger partial charge in [0, 0.05) is 12.1 Å². The van der Waals surface area contributed by atoms with E-state index in [0.717, 1.165) is 19.3 Å². The number of aliphatic carboxylic acids is 1. The molecule has 1 fully saturated rings. The van der Waals surface area contributed by atoms with Crippen LogP contribution in [0, 0.1) is 23.5 Å². The Hall–Kier alpha value is -1.01. The maximum atomic E-state index is 13.8. The van der Waals surface area contributed by atoms with Crippen molar-refractivity contribution in [2.45, 2.75) is 32.2 Å². The smallest absolute Gasteiger partial charge is 0.306 e. The van der Waals surface area contributed by atoms with E-state index in [1.807, 2.05) is 0 Å². The maximum absolute atomic E-state index is 13.8. The van der Waals surface area contributed by atoms with Crippen LogP contribution in [0.5, 0.6) is 0 Å². The van der Waals surface area contributed by atoms with Crippen LogP contribution < -0.4 is 5.32 Å². The lowest BCUT2D eigenvalue weighted by atomic mass is 9.79. The molecule has 0 spiro atoms. The van der Waals surface area contributed by atoms with Crippen LogP contribution in [-0.2, 0) is 11.3 Å². The Labute approximate surface area is 130 Å². The van der Waals surface area contributed by atoms with E-state index in [4.69, 9.17) is 0 Å². The van der Waals surface area contributed by atoms with Gasteiger partial charge in [-0.1, -0.05) is 12.8 Å². The van der Waals surface area contributed by atoms with Crippen molar-refractivity contribution in [2.24, 2.45) is 11.8 Å². The van der Waals surface area contributed by atoms with Gasteiger partial charge in [-0.3, -0.25) is 4.79 Å². The van der Waals surface area contributed by atoms with Gasteiger partial charge in [0.2, 0.25) is 0 Å². The predicted molar refractivity (Wildman–Crippen MR) is 78.8 cm³/mol. The Balaban J connectivity index is 1.95. The summed E-state index contributed by atoms with van der Waals surface area (Å²) in [6.45, 7) is 0.516. The maximum Gasteiger partial charge on any atom is 0.306 e. The molecule has 2 unspecified atom stereocenters. The average molecular weight is 362 g/mol. The lowest BCUT2D eigenvalue weighted by molar-refractivity contribution is -0.144. The third-order valence-corrected chi connectivity index (χ3v) is 4.69. The standard InChI is InChI=1S/C15H18BrF2NO2/c16-12-5-6-13(17)11(14(12)18)8-19-7-9-3-1-2-4-10(9)15(20)21/h5-6,9-10,19H,1-4,7-8H2,(H,20,21). The normalized spacial score (nSPS) is 22.2. The average Bonchev–Trinajstić information content (AvgIpc) is 2.47. The number of nitrogens with one attached hydrogen (secondary N) is 1. The summed E-state index contributed by atoms with van der Waals surface area (Å²) in [4.78, 5) is 11.2. The highest BCUT2D eigenvalue weighted by Crippen LogP contribution is 2.30. The third-order valence-electron chi connectivity index (χ3n) is 4.07. The lowest BCUT2D eigenvalue weighted by Crippen LogP contribution is -2.34. The molecule has 2 atom stereocenters. The molecule has 1 aliphatic carbocycles. The van der Waals surface area contributed by atoms with Crippen LogP contribution in [0.2, 0.25) is 0 Å². The van der Waals surface area contributed by atoms with Crippen molar-refractivity contribution in [3.8, 4) is 0 Å². The number of carboxylic acids is 1. The SMILES string of the molecule is O=C(O)C1CCCCC1CNCc1c(F)ccc(Br)c1F. The molecule has 0 aliphatic heterocycles. The summed E-state index contributed by atoms with van der Waals surface area (Å²) in [5.41, 5.74) is -0.0212. The van der Waals surface area contributed by atoms with Gasteiger partial charge in [-0.2, -0.15) is 0 Å². The highest BCUT2D eigenvalue weighted by Gasteiger charge is 2.30. The number of halogens is 3. The van der Waals surface area contributed by atoms with Gasteiger partial charge in [0.1, 0.15) is 11.6 Å². The van der Waals surface area contributed by atoms with Crippen LogP contribution in [0.1, 0.15) is 31.2 Å². The van der Waals surface area contributed by atoms with Crippen molar-refractivity contribution >= 4 is 21.9 Å². The summed E-state index contributed by atoms with van der Waals surface area (Å²) >= 11 is 3.03. The molecule has 1 aromatic rings. The molecule has 2 N–H and O–H groups in total. The van der Waals surface area contributed by atoms with Crippen LogP contribution in [-0.4, -0.2) is 17.6 Å². The van der Waals surface area contributed by atoms with E-state index in [0.29, 0.717) is 13.0 Å². The molecule has 0 amide bonds. The number of carboxylic acid groups (broad SMARTS) is 1. The van der Waals surface area contributed by atoms with Gasteiger partial charge in [-0.25, -0.2) is 8.78 Å². The highest BCUT2D eigenvalue weighted by molar-refractivity contribution is 9.10. The van der Waals surface area contributed by atoms with Crippen LogP contribution in [0.3, 0.4) is 0 Å². The molecule has 3 nitrogen and oxygen atoms in total. The fourth-order valence-corrected chi connectivity index (χ4v) is 3.26. The zero-order valence-corrected chi connectivity index (χ0v) is 13.1. The Morgan fingerprint density at radius 1 is 1.33 bits per heavy atom. The molecule has 1 aromatic carbocycles. The highest BCUT2D eigenvalue weighted by atomic mass is 79.9. The zero-order valence-electron chi connectivity index (χ0n) is 11.5. The van der Waals surface area contributed by atoms with Gasteiger partial charge in [0.05, 0.1) is 10.4 Å². The van der Waals surface area contributed by atoms with Crippen LogP contribution in [0.4, 0.5) is 8.78 Å². The van der Waals surface area contributed by atoms with Crippen LogP contribution >= 0.6 is 15.9 Å². The summed E-state index contributed by atoms with van der Waals surface area (Å²) in [7, 11) is 0. The summed E-state index contributed by atoms with van der Waals surface area (Å²) in [5.74, 6) is -2.32.